The number of aromatic nitrogens is 2. The molecule has 0 spiro atoms. The molecule has 3 aromatic heterocycles. The fourth-order valence-electron chi connectivity index (χ4n) is 1.85. The molecule has 0 unspecified atom stereocenters. The summed E-state index contributed by atoms with van der Waals surface area (Å²) in [6.07, 6.45) is 2.67. The van der Waals surface area contributed by atoms with Crippen LogP contribution in [-0.2, 0) is 6.42 Å². The van der Waals surface area contributed by atoms with Crippen molar-refractivity contribution in [3.05, 3.63) is 29.0 Å². The van der Waals surface area contributed by atoms with Gasteiger partial charge in [-0.25, -0.2) is 15.8 Å². The van der Waals surface area contributed by atoms with Crippen molar-refractivity contribution in [2.75, 3.05) is 5.43 Å². The van der Waals surface area contributed by atoms with Gasteiger partial charge in [-0.3, -0.25) is 5.43 Å². The maximum Gasteiger partial charge on any atom is 0.239 e. The van der Waals surface area contributed by atoms with Gasteiger partial charge in [0.05, 0.1) is 11.2 Å². The fraction of sp³-hybridized carbons (Fsp3) is 0.231. The van der Waals surface area contributed by atoms with Crippen LogP contribution in [-0.4, -0.2) is 9.97 Å². The van der Waals surface area contributed by atoms with Crippen LogP contribution in [0.15, 0.2) is 32.7 Å². The van der Waals surface area contributed by atoms with E-state index in [1.807, 2.05) is 13.0 Å². The van der Waals surface area contributed by atoms with Crippen molar-refractivity contribution in [1.29, 1.82) is 0 Å². The second-order valence-corrected chi connectivity index (χ2v) is 6.37. The molecule has 104 valence electrons. The normalized spacial score (nSPS) is 11.2. The van der Waals surface area contributed by atoms with Gasteiger partial charge in [-0.2, -0.15) is 0 Å². The number of nitrogens with zero attached hydrogens (tertiary/aromatic N) is 2. The molecule has 0 aromatic carbocycles. The van der Waals surface area contributed by atoms with Crippen molar-refractivity contribution in [3.8, 4) is 0 Å². The zero-order valence-corrected chi connectivity index (χ0v) is 12.8. The van der Waals surface area contributed by atoms with E-state index in [-0.39, 0.29) is 0 Å². The van der Waals surface area contributed by atoms with Crippen LogP contribution in [0.3, 0.4) is 0 Å². The zero-order valence-electron chi connectivity index (χ0n) is 11.1. The van der Waals surface area contributed by atoms with E-state index in [2.05, 4.69) is 28.4 Å². The number of rotatable bonds is 4. The quantitative estimate of drug-likeness (QED) is 0.436. The van der Waals surface area contributed by atoms with Crippen LogP contribution in [0.4, 0.5) is 5.95 Å². The number of hydrogen-bond acceptors (Lipinski definition) is 7. The molecule has 0 radical (unpaired) electrons. The van der Waals surface area contributed by atoms with E-state index >= 15 is 0 Å². The van der Waals surface area contributed by atoms with Crippen LogP contribution < -0.4 is 11.3 Å². The lowest BCUT2D eigenvalue weighted by molar-refractivity contribution is 0.527. The number of hydrogen-bond donors (Lipinski definition) is 2. The SMILES string of the molecule is CCc1cc2c(Sc3ccoc3C)nc(NN)nc2s1. The van der Waals surface area contributed by atoms with Crippen molar-refractivity contribution in [2.45, 2.75) is 30.2 Å². The molecule has 7 heteroatoms. The van der Waals surface area contributed by atoms with Gasteiger partial charge < -0.3 is 4.42 Å². The highest BCUT2D eigenvalue weighted by molar-refractivity contribution is 7.99. The van der Waals surface area contributed by atoms with E-state index in [1.165, 1.54) is 4.88 Å². The predicted octanol–water partition coefficient (Wildman–Crippen LogP) is 3.59. The van der Waals surface area contributed by atoms with Crippen LogP contribution in [0.5, 0.6) is 0 Å². The van der Waals surface area contributed by atoms with E-state index in [1.54, 1.807) is 29.4 Å². The molecule has 5 nitrogen and oxygen atoms in total. The summed E-state index contributed by atoms with van der Waals surface area (Å²) in [6.45, 7) is 4.07. The monoisotopic (exact) mass is 306 g/mol. The number of hydrazine groups is 1. The standard InChI is InChI=1S/C13H14N4OS2/c1-3-8-6-9-11(19-8)15-13(17-14)16-12(9)20-10-4-5-18-7(10)2/h4-6H,3,14H2,1-2H3,(H,15,16,17). The summed E-state index contributed by atoms with van der Waals surface area (Å²) < 4.78 is 5.33. The van der Waals surface area contributed by atoms with Gasteiger partial charge in [0.1, 0.15) is 15.6 Å². The van der Waals surface area contributed by atoms with Gasteiger partial charge in [0.15, 0.2) is 0 Å². The molecule has 3 N–H and O–H groups in total. The van der Waals surface area contributed by atoms with Gasteiger partial charge in [-0.1, -0.05) is 18.7 Å². The molecule has 0 bridgehead atoms. The summed E-state index contributed by atoms with van der Waals surface area (Å²) >= 11 is 3.24. The molecule has 0 atom stereocenters. The van der Waals surface area contributed by atoms with Gasteiger partial charge in [0.2, 0.25) is 5.95 Å². The molecule has 20 heavy (non-hydrogen) atoms. The summed E-state index contributed by atoms with van der Waals surface area (Å²) in [7, 11) is 0. The molecule has 0 amide bonds. The van der Waals surface area contributed by atoms with E-state index in [4.69, 9.17) is 10.3 Å². The zero-order chi connectivity index (χ0) is 14.1. The smallest absolute Gasteiger partial charge is 0.239 e. The Labute approximate surface area is 124 Å². The lowest BCUT2D eigenvalue weighted by Crippen LogP contribution is -2.10. The fourth-order valence-corrected chi connectivity index (χ4v) is 3.80. The molecule has 3 heterocycles. The maximum atomic E-state index is 5.45. The Balaban J connectivity index is 2.12. The number of nitrogen functional groups attached to an aromatic ring is 1. The lowest BCUT2D eigenvalue weighted by Gasteiger charge is -2.04. The third-order valence-electron chi connectivity index (χ3n) is 2.90. The van der Waals surface area contributed by atoms with Crippen LogP contribution in [0, 0.1) is 6.92 Å². The average Bonchev–Trinajstić information content (AvgIpc) is 3.05. The minimum atomic E-state index is 0.436. The molecule has 0 saturated carbocycles. The van der Waals surface area contributed by atoms with E-state index in [0.29, 0.717) is 5.95 Å². The molecular weight excluding hydrogens is 292 g/mol. The molecule has 3 aromatic rings. The molecular formula is C13H14N4OS2. The van der Waals surface area contributed by atoms with Crippen LogP contribution >= 0.6 is 23.1 Å². The predicted molar refractivity (Wildman–Crippen MR) is 82.2 cm³/mol. The Morgan fingerprint density at radius 2 is 2.30 bits per heavy atom. The van der Waals surface area contributed by atoms with Gasteiger partial charge >= 0.3 is 0 Å². The summed E-state index contributed by atoms with van der Waals surface area (Å²) in [6, 6.07) is 4.09. The molecule has 0 aliphatic rings. The van der Waals surface area contributed by atoms with E-state index in [9.17, 15) is 0 Å². The Morgan fingerprint density at radius 3 is 2.95 bits per heavy atom. The summed E-state index contributed by atoms with van der Waals surface area (Å²) in [5.74, 6) is 6.77. The Hall–Kier alpha value is -1.57. The number of nitrogens with one attached hydrogen (secondary N) is 1. The number of fused-ring (bicyclic) bond motifs is 1. The molecule has 0 aliphatic heterocycles. The minimum Gasteiger partial charge on any atom is -0.468 e. The third kappa shape index (κ3) is 2.39. The first-order valence-corrected chi connectivity index (χ1v) is 7.83. The van der Waals surface area contributed by atoms with Crippen LogP contribution in [0.2, 0.25) is 0 Å². The van der Waals surface area contributed by atoms with Gasteiger partial charge in [-0.15, -0.1) is 11.3 Å². The number of nitrogens with two attached hydrogens (primary N) is 1. The number of furan rings is 1. The first kappa shape index (κ1) is 13.4. The second-order valence-electron chi connectivity index (χ2n) is 4.22. The van der Waals surface area contributed by atoms with Gasteiger partial charge in [-0.05, 0) is 25.5 Å². The maximum absolute atomic E-state index is 5.45. The Kier molecular flexibility index (Phi) is 3.64. The molecule has 0 saturated heterocycles. The highest BCUT2D eigenvalue weighted by Gasteiger charge is 2.14. The van der Waals surface area contributed by atoms with Crippen molar-refractivity contribution >= 4 is 39.3 Å². The van der Waals surface area contributed by atoms with E-state index in [0.717, 1.165) is 32.3 Å². The summed E-state index contributed by atoms with van der Waals surface area (Å²) in [5.41, 5.74) is 2.53. The number of thiophene rings is 1. The topological polar surface area (TPSA) is 77.0 Å². The van der Waals surface area contributed by atoms with Crippen molar-refractivity contribution < 1.29 is 4.42 Å². The highest BCUT2D eigenvalue weighted by Crippen LogP contribution is 2.37. The van der Waals surface area contributed by atoms with Crippen molar-refractivity contribution in [3.63, 3.8) is 0 Å². The average molecular weight is 306 g/mol. The Bertz CT molecular complexity index is 750. The lowest BCUT2D eigenvalue weighted by atomic mass is 10.3. The van der Waals surface area contributed by atoms with Crippen molar-refractivity contribution in [2.24, 2.45) is 5.84 Å². The summed E-state index contributed by atoms with van der Waals surface area (Å²) in [4.78, 5) is 12.2. The first-order valence-electron chi connectivity index (χ1n) is 6.20. The Morgan fingerprint density at radius 1 is 1.45 bits per heavy atom. The number of anilines is 1. The third-order valence-corrected chi connectivity index (χ3v) is 5.23. The van der Waals surface area contributed by atoms with Gasteiger partial charge in [0, 0.05) is 10.3 Å². The number of aryl methyl sites for hydroxylation is 2. The van der Waals surface area contributed by atoms with E-state index < -0.39 is 0 Å². The minimum absolute atomic E-state index is 0.436. The van der Waals surface area contributed by atoms with Gasteiger partial charge in [0.25, 0.3) is 0 Å². The molecule has 0 fully saturated rings. The summed E-state index contributed by atoms with van der Waals surface area (Å²) in [5, 5.41) is 1.96. The van der Waals surface area contributed by atoms with Crippen LogP contribution in [0.25, 0.3) is 10.2 Å². The van der Waals surface area contributed by atoms with Crippen molar-refractivity contribution in [1.82, 2.24) is 9.97 Å². The molecule has 0 aliphatic carbocycles. The second kappa shape index (κ2) is 5.43. The highest BCUT2D eigenvalue weighted by atomic mass is 32.2. The molecule has 3 rings (SSSR count). The largest absolute Gasteiger partial charge is 0.468 e. The first-order chi connectivity index (χ1) is 9.71. The van der Waals surface area contributed by atoms with Crippen LogP contribution in [0.1, 0.15) is 17.6 Å².